The number of amides is 1. The molecule has 1 atom stereocenters. The van der Waals surface area contributed by atoms with Crippen molar-refractivity contribution in [2.45, 2.75) is 50.6 Å². The number of carbonyl (C=O) groups is 1. The predicted molar refractivity (Wildman–Crippen MR) is 82.9 cm³/mol. The molecule has 1 fully saturated rings. The Morgan fingerprint density at radius 3 is 2.70 bits per heavy atom. The molecule has 0 radical (unpaired) electrons. The van der Waals surface area contributed by atoms with Crippen LogP contribution in [0, 0.1) is 0 Å². The summed E-state index contributed by atoms with van der Waals surface area (Å²) in [6, 6.07) is 9.38. The second kappa shape index (κ2) is 6.59. The van der Waals surface area contributed by atoms with Crippen LogP contribution in [0.15, 0.2) is 24.3 Å². The average Bonchev–Trinajstić information content (AvgIpc) is 3.17. The van der Waals surface area contributed by atoms with Gasteiger partial charge in [0.2, 0.25) is 5.91 Å². The van der Waals surface area contributed by atoms with Crippen LogP contribution in [0.4, 0.5) is 0 Å². The van der Waals surface area contributed by atoms with Crippen LogP contribution in [0.25, 0.3) is 0 Å². The van der Waals surface area contributed by atoms with Crippen LogP contribution in [-0.2, 0) is 11.2 Å². The quantitative estimate of drug-likeness (QED) is 0.908. The first-order valence-corrected chi connectivity index (χ1v) is 7.40. The van der Waals surface area contributed by atoms with Crippen molar-refractivity contribution in [2.24, 2.45) is 5.73 Å². The lowest BCUT2D eigenvalue weighted by Gasteiger charge is -2.30. The van der Waals surface area contributed by atoms with E-state index < -0.39 is 0 Å². The predicted octanol–water partition coefficient (Wildman–Crippen LogP) is 2.83. The fourth-order valence-electron chi connectivity index (χ4n) is 3.19. The Balaban J connectivity index is 0.00000147. The van der Waals surface area contributed by atoms with E-state index in [1.807, 2.05) is 0 Å². The van der Waals surface area contributed by atoms with Gasteiger partial charge in [-0.05, 0) is 49.8 Å². The Morgan fingerprint density at radius 1 is 1.25 bits per heavy atom. The maximum Gasteiger partial charge on any atom is 0.223 e. The molecule has 2 aliphatic carbocycles. The number of aryl methyl sites for hydroxylation is 1. The molecule has 0 heterocycles. The maximum atomic E-state index is 12.5. The van der Waals surface area contributed by atoms with Crippen LogP contribution in [0.2, 0.25) is 0 Å². The Kier molecular flexibility index (Phi) is 5.06. The number of nitrogens with zero attached hydrogens (tertiary/aromatic N) is 1. The van der Waals surface area contributed by atoms with Crippen molar-refractivity contribution in [3.63, 3.8) is 0 Å². The average molecular weight is 295 g/mol. The summed E-state index contributed by atoms with van der Waals surface area (Å²) < 4.78 is 0. The highest BCUT2D eigenvalue weighted by Gasteiger charge is 2.39. The second-order valence-electron chi connectivity index (χ2n) is 5.68. The molecule has 1 saturated carbocycles. The Morgan fingerprint density at radius 2 is 2.00 bits per heavy atom. The summed E-state index contributed by atoms with van der Waals surface area (Å²) in [4.78, 5) is 14.6. The lowest BCUT2D eigenvalue weighted by molar-refractivity contribution is -0.134. The number of nitrogens with two attached hydrogens (primary N) is 1. The van der Waals surface area contributed by atoms with E-state index in [-0.39, 0.29) is 12.4 Å². The minimum atomic E-state index is 0. The highest BCUT2D eigenvalue weighted by molar-refractivity contribution is 5.85. The molecule has 3 rings (SSSR count). The molecule has 2 N–H and O–H groups in total. The highest BCUT2D eigenvalue weighted by Crippen LogP contribution is 2.42. The number of carbonyl (C=O) groups excluding carboxylic acids is 1. The molecule has 3 nitrogen and oxygen atoms in total. The molecule has 0 saturated heterocycles. The summed E-state index contributed by atoms with van der Waals surface area (Å²) in [5.74, 6) is 0.301. The number of rotatable bonds is 5. The van der Waals surface area contributed by atoms with Crippen LogP contribution < -0.4 is 5.73 Å². The van der Waals surface area contributed by atoms with E-state index in [1.165, 1.54) is 24.0 Å². The van der Waals surface area contributed by atoms with Gasteiger partial charge in [0, 0.05) is 12.5 Å². The number of benzene rings is 1. The third kappa shape index (κ3) is 2.99. The van der Waals surface area contributed by atoms with Gasteiger partial charge in [-0.25, -0.2) is 0 Å². The normalized spacial score (nSPS) is 20.1. The van der Waals surface area contributed by atoms with E-state index in [2.05, 4.69) is 29.2 Å². The number of halogens is 1. The van der Waals surface area contributed by atoms with Crippen molar-refractivity contribution in [1.82, 2.24) is 4.90 Å². The zero-order valence-corrected chi connectivity index (χ0v) is 12.6. The minimum absolute atomic E-state index is 0. The molecule has 0 aliphatic heterocycles. The van der Waals surface area contributed by atoms with Gasteiger partial charge in [-0.3, -0.25) is 4.79 Å². The standard InChI is InChI=1S/C16H22N2O.ClH/c17-11-3-6-16(19)18(13-8-9-13)15-10-7-12-4-1-2-5-14(12)15;/h1-2,4-5,13,15H,3,6-11,17H2;1H. The van der Waals surface area contributed by atoms with Crippen LogP contribution in [0.3, 0.4) is 0 Å². The molecule has 20 heavy (non-hydrogen) atoms. The first kappa shape index (κ1) is 15.3. The van der Waals surface area contributed by atoms with Crippen molar-refractivity contribution < 1.29 is 4.79 Å². The summed E-state index contributed by atoms with van der Waals surface area (Å²) in [6.45, 7) is 0.603. The van der Waals surface area contributed by atoms with Gasteiger partial charge in [-0.1, -0.05) is 24.3 Å². The van der Waals surface area contributed by atoms with Crippen molar-refractivity contribution in [3.8, 4) is 0 Å². The van der Waals surface area contributed by atoms with Crippen molar-refractivity contribution in [3.05, 3.63) is 35.4 Å². The summed E-state index contributed by atoms with van der Waals surface area (Å²) in [5, 5.41) is 0. The number of hydrogen-bond donors (Lipinski definition) is 1. The molecule has 0 spiro atoms. The van der Waals surface area contributed by atoms with Crippen LogP contribution in [-0.4, -0.2) is 23.4 Å². The Bertz CT molecular complexity index is 473. The second-order valence-corrected chi connectivity index (χ2v) is 5.68. The molecule has 0 bridgehead atoms. The number of hydrogen-bond acceptors (Lipinski definition) is 2. The molecular formula is C16H23ClN2O. The topological polar surface area (TPSA) is 46.3 Å². The van der Waals surface area contributed by atoms with Crippen LogP contribution in [0.1, 0.15) is 49.3 Å². The van der Waals surface area contributed by atoms with Gasteiger partial charge in [-0.2, -0.15) is 0 Å². The van der Waals surface area contributed by atoms with E-state index in [9.17, 15) is 4.79 Å². The first-order chi connectivity index (χ1) is 9.31. The summed E-state index contributed by atoms with van der Waals surface area (Å²) >= 11 is 0. The van der Waals surface area contributed by atoms with Gasteiger partial charge in [0.25, 0.3) is 0 Å². The van der Waals surface area contributed by atoms with Gasteiger partial charge < -0.3 is 10.6 Å². The smallest absolute Gasteiger partial charge is 0.223 e. The zero-order chi connectivity index (χ0) is 13.2. The lowest BCUT2D eigenvalue weighted by atomic mass is 10.1. The molecular weight excluding hydrogens is 272 g/mol. The van der Waals surface area contributed by atoms with E-state index in [4.69, 9.17) is 5.73 Å². The molecule has 0 aromatic heterocycles. The summed E-state index contributed by atoms with van der Waals surface area (Å²) in [5.41, 5.74) is 8.32. The Labute approximate surface area is 126 Å². The largest absolute Gasteiger partial charge is 0.333 e. The highest BCUT2D eigenvalue weighted by atomic mass is 35.5. The van der Waals surface area contributed by atoms with Gasteiger partial charge in [-0.15, -0.1) is 12.4 Å². The van der Waals surface area contributed by atoms with E-state index in [0.29, 0.717) is 31.0 Å². The molecule has 110 valence electrons. The van der Waals surface area contributed by atoms with Gasteiger partial charge in [0.05, 0.1) is 6.04 Å². The van der Waals surface area contributed by atoms with Crippen LogP contribution in [0.5, 0.6) is 0 Å². The Hall–Kier alpha value is -1.06. The fourth-order valence-corrected chi connectivity index (χ4v) is 3.19. The van der Waals surface area contributed by atoms with Gasteiger partial charge in [0.15, 0.2) is 0 Å². The lowest BCUT2D eigenvalue weighted by Crippen LogP contribution is -2.36. The monoisotopic (exact) mass is 294 g/mol. The van der Waals surface area contributed by atoms with Gasteiger partial charge >= 0.3 is 0 Å². The molecule has 1 aromatic rings. The zero-order valence-electron chi connectivity index (χ0n) is 11.8. The van der Waals surface area contributed by atoms with Crippen molar-refractivity contribution in [2.75, 3.05) is 6.54 Å². The number of fused-ring (bicyclic) bond motifs is 1. The molecule has 1 aromatic carbocycles. The fraction of sp³-hybridized carbons (Fsp3) is 0.562. The first-order valence-electron chi connectivity index (χ1n) is 7.40. The molecule has 4 heteroatoms. The van der Waals surface area contributed by atoms with Gasteiger partial charge in [0.1, 0.15) is 0 Å². The molecule has 1 unspecified atom stereocenters. The van der Waals surface area contributed by atoms with E-state index in [1.54, 1.807) is 0 Å². The van der Waals surface area contributed by atoms with Crippen LogP contribution >= 0.6 is 12.4 Å². The minimum Gasteiger partial charge on any atom is -0.333 e. The SMILES string of the molecule is Cl.NCCCC(=O)N(C1CC1)C1CCc2ccccc21. The molecule has 1 amide bonds. The maximum absolute atomic E-state index is 12.5. The van der Waals surface area contributed by atoms with Crippen molar-refractivity contribution >= 4 is 18.3 Å². The third-order valence-electron chi connectivity index (χ3n) is 4.26. The summed E-state index contributed by atoms with van der Waals surface area (Å²) in [7, 11) is 0. The molecule has 2 aliphatic rings. The van der Waals surface area contributed by atoms with Crippen molar-refractivity contribution in [1.29, 1.82) is 0 Å². The van der Waals surface area contributed by atoms with E-state index in [0.717, 1.165) is 19.3 Å². The van der Waals surface area contributed by atoms with E-state index >= 15 is 0 Å². The third-order valence-corrected chi connectivity index (χ3v) is 4.26. The summed E-state index contributed by atoms with van der Waals surface area (Å²) in [6.07, 6.45) is 5.95.